The molecule has 4 heteroatoms. The maximum atomic E-state index is 14.0. The second-order valence-corrected chi connectivity index (χ2v) is 6.78. The van der Waals surface area contributed by atoms with Crippen LogP contribution in [-0.4, -0.2) is 22.9 Å². The summed E-state index contributed by atoms with van der Waals surface area (Å²) < 4.78 is 14.7. The van der Waals surface area contributed by atoms with E-state index in [0.29, 0.717) is 16.6 Å². The van der Waals surface area contributed by atoms with Crippen LogP contribution in [0.1, 0.15) is 55.3 Å². The average molecular weight is 340 g/mol. The van der Waals surface area contributed by atoms with Crippen LogP contribution in [0.5, 0.6) is 0 Å². The van der Waals surface area contributed by atoms with Crippen LogP contribution >= 0.6 is 15.9 Å². The fourth-order valence-corrected chi connectivity index (χ4v) is 3.48. The van der Waals surface area contributed by atoms with E-state index in [9.17, 15) is 9.18 Å². The van der Waals surface area contributed by atoms with Crippen molar-refractivity contribution in [3.05, 3.63) is 34.1 Å². The van der Waals surface area contributed by atoms with Gasteiger partial charge in [-0.2, -0.15) is 0 Å². The lowest BCUT2D eigenvalue weighted by Crippen LogP contribution is -2.43. The topological polar surface area (TPSA) is 20.3 Å². The van der Waals surface area contributed by atoms with Crippen LogP contribution in [0.4, 0.5) is 4.39 Å². The number of hydrogen-bond acceptors (Lipinski definition) is 1. The summed E-state index contributed by atoms with van der Waals surface area (Å²) in [5.41, 5.74) is 0.214. The molecular weight excluding hydrogens is 321 g/mol. The van der Waals surface area contributed by atoms with E-state index in [1.807, 2.05) is 4.90 Å². The van der Waals surface area contributed by atoms with Gasteiger partial charge in [-0.25, -0.2) is 4.39 Å². The molecule has 0 aromatic heterocycles. The van der Waals surface area contributed by atoms with Gasteiger partial charge in [0.15, 0.2) is 0 Å². The highest BCUT2D eigenvalue weighted by atomic mass is 79.9. The zero-order valence-electron chi connectivity index (χ0n) is 11.4. The Morgan fingerprint density at radius 1 is 1.10 bits per heavy atom. The highest BCUT2D eigenvalue weighted by molar-refractivity contribution is 9.10. The molecule has 3 rings (SSSR count). The van der Waals surface area contributed by atoms with Gasteiger partial charge >= 0.3 is 0 Å². The summed E-state index contributed by atoms with van der Waals surface area (Å²) in [6.07, 6.45) is 7.91. The van der Waals surface area contributed by atoms with Gasteiger partial charge < -0.3 is 4.90 Å². The minimum atomic E-state index is -0.425. The normalized spacial score (nSPS) is 19.9. The lowest BCUT2D eigenvalue weighted by Gasteiger charge is -2.34. The van der Waals surface area contributed by atoms with Crippen LogP contribution in [0, 0.1) is 5.82 Å². The Kier molecular flexibility index (Phi) is 4.11. The first-order valence-corrected chi connectivity index (χ1v) is 8.24. The Morgan fingerprint density at radius 3 is 2.35 bits per heavy atom. The molecule has 0 heterocycles. The molecule has 2 fully saturated rings. The first-order chi connectivity index (χ1) is 9.66. The summed E-state index contributed by atoms with van der Waals surface area (Å²) in [5, 5.41) is 0. The molecule has 20 heavy (non-hydrogen) atoms. The predicted octanol–water partition coefficient (Wildman–Crippen LogP) is 4.53. The molecule has 0 spiro atoms. The monoisotopic (exact) mass is 339 g/mol. The van der Waals surface area contributed by atoms with Gasteiger partial charge in [0.2, 0.25) is 0 Å². The lowest BCUT2D eigenvalue weighted by molar-refractivity contribution is 0.0609. The predicted molar refractivity (Wildman–Crippen MR) is 80.2 cm³/mol. The van der Waals surface area contributed by atoms with E-state index < -0.39 is 5.82 Å². The van der Waals surface area contributed by atoms with Crippen molar-refractivity contribution in [2.24, 2.45) is 0 Å². The Hall–Kier alpha value is -0.900. The number of carbonyl (C=O) groups excluding carboxylic acids is 1. The second kappa shape index (κ2) is 5.84. The molecule has 0 unspecified atom stereocenters. The molecule has 0 bridgehead atoms. The van der Waals surface area contributed by atoms with E-state index in [1.54, 1.807) is 12.1 Å². The zero-order chi connectivity index (χ0) is 14.1. The molecule has 108 valence electrons. The fourth-order valence-electron chi connectivity index (χ4n) is 3.14. The van der Waals surface area contributed by atoms with E-state index >= 15 is 0 Å². The van der Waals surface area contributed by atoms with E-state index in [4.69, 9.17) is 0 Å². The maximum Gasteiger partial charge on any atom is 0.257 e. The van der Waals surface area contributed by atoms with Crippen molar-refractivity contribution in [3.8, 4) is 0 Å². The van der Waals surface area contributed by atoms with Crippen LogP contribution < -0.4 is 0 Å². The van der Waals surface area contributed by atoms with Gasteiger partial charge in [-0.3, -0.25) is 4.79 Å². The van der Waals surface area contributed by atoms with Gasteiger partial charge in [0.1, 0.15) is 5.82 Å². The molecular formula is C16H19BrFNO. The van der Waals surface area contributed by atoms with Gasteiger partial charge in [-0.1, -0.05) is 35.2 Å². The molecule has 0 saturated heterocycles. The first-order valence-electron chi connectivity index (χ1n) is 7.44. The van der Waals surface area contributed by atoms with Gasteiger partial charge in [0.05, 0.1) is 5.56 Å². The van der Waals surface area contributed by atoms with E-state index in [2.05, 4.69) is 15.9 Å². The number of rotatable bonds is 3. The molecule has 0 atom stereocenters. The van der Waals surface area contributed by atoms with Gasteiger partial charge in [0, 0.05) is 16.6 Å². The van der Waals surface area contributed by atoms with Crippen molar-refractivity contribution < 1.29 is 9.18 Å². The quantitative estimate of drug-likeness (QED) is 0.792. The third-order valence-corrected chi connectivity index (χ3v) is 4.80. The standard InChI is InChI=1S/C16H19BrFNO/c17-11-6-9-14(15(18)10-11)16(20)19(13-7-8-13)12-4-2-1-3-5-12/h6,9-10,12-13H,1-5,7-8H2. The van der Waals surface area contributed by atoms with Crippen LogP contribution in [0.3, 0.4) is 0 Å². The summed E-state index contributed by atoms with van der Waals surface area (Å²) in [4.78, 5) is 14.7. The van der Waals surface area contributed by atoms with Crippen LogP contribution in [0.25, 0.3) is 0 Å². The molecule has 2 aliphatic carbocycles. The number of benzene rings is 1. The summed E-state index contributed by atoms with van der Waals surface area (Å²) in [6.45, 7) is 0. The Labute approximate surface area is 127 Å². The number of carbonyl (C=O) groups is 1. The van der Waals surface area contributed by atoms with Crippen LogP contribution in [0.2, 0.25) is 0 Å². The molecule has 0 N–H and O–H groups in total. The number of nitrogens with zero attached hydrogens (tertiary/aromatic N) is 1. The summed E-state index contributed by atoms with van der Waals surface area (Å²) in [5.74, 6) is -0.546. The Morgan fingerprint density at radius 2 is 1.75 bits per heavy atom. The summed E-state index contributed by atoms with van der Waals surface area (Å²) >= 11 is 3.24. The lowest BCUT2D eigenvalue weighted by atomic mass is 9.93. The summed E-state index contributed by atoms with van der Waals surface area (Å²) in [7, 11) is 0. The number of halogens is 2. The van der Waals surface area contributed by atoms with Crippen LogP contribution in [-0.2, 0) is 0 Å². The third kappa shape index (κ3) is 2.90. The average Bonchev–Trinajstić information content (AvgIpc) is 3.24. The third-order valence-electron chi connectivity index (χ3n) is 4.30. The van der Waals surface area contributed by atoms with E-state index in [0.717, 1.165) is 25.7 Å². The zero-order valence-corrected chi connectivity index (χ0v) is 13.0. The minimum Gasteiger partial charge on any atom is -0.333 e. The van der Waals surface area contributed by atoms with Gasteiger partial charge in [0.25, 0.3) is 5.91 Å². The largest absolute Gasteiger partial charge is 0.333 e. The van der Waals surface area contributed by atoms with Crippen molar-refractivity contribution >= 4 is 21.8 Å². The Bertz CT molecular complexity index is 509. The van der Waals surface area contributed by atoms with Crippen molar-refractivity contribution in [1.29, 1.82) is 0 Å². The second-order valence-electron chi connectivity index (χ2n) is 5.86. The number of hydrogen-bond donors (Lipinski definition) is 0. The molecule has 1 aromatic rings. The molecule has 1 amide bonds. The van der Waals surface area contributed by atoms with Crippen molar-refractivity contribution in [3.63, 3.8) is 0 Å². The number of amides is 1. The molecule has 0 radical (unpaired) electrons. The SMILES string of the molecule is O=C(c1ccc(Br)cc1F)N(C1CCCCC1)C1CC1. The summed E-state index contributed by atoms with van der Waals surface area (Å²) in [6, 6.07) is 5.36. The fraction of sp³-hybridized carbons (Fsp3) is 0.562. The molecule has 2 nitrogen and oxygen atoms in total. The van der Waals surface area contributed by atoms with Gasteiger partial charge in [-0.15, -0.1) is 0 Å². The van der Waals surface area contributed by atoms with E-state index in [-0.39, 0.29) is 11.5 Å². The van der Waals surface area contributed by atoms with E-state index in [1.165, 1.54) is 25.3 Å². The Balaban J connectivity index is 1.84. The minimum absolute atomic E-state index is 0.121. The maximum absolute atomic E-state index is 14.0. The molecule has 0 aliphatic heterocycles. The highest BCUT2D eigenvalue weighted by Gasteiger charge is 2.38. The highest BCUT2D eigenvalue weighted by Crippen LogP contribution is 2.35. The van der Waals surface area contributed by atoms with Crippen molar-refractivity contribution in [2.45, 2.75) is 57.0 Å². The molecule has 2 saturated carbocycles. The van der Waals surface area contributed by atoms with Crippen molar-refractivity contribution in [1.82, 2.24) is 4.90 Å². The molecule has 2 aliphatic rings. The van der Waals surface area contributed by atoms with Gasteiger partial charge in [-0.05, 0) is 43.9 Å². The smallest absolute Gasteiger partial charge is 0.257 e. The van der Waals surface area contributed by atoms with Crippen molar-refractivity contribution in [2.75, 3.05) is 0 Å². The first kappa shape index (κ1) is 14.1. The molecule has 1 aromatic carbocycles. The van der Waals surface area contributed by atoms with Crippen LogP contribution in [0.15, 0.2) is 22.7 Å².